The number of aromatic nitrogens is 3. The van der Waals surface area contributed by atoms with Crippen molar-refractivity contribution in [1.29, 1.82) is 0 Å². The maximum absolute atomic E-state index is 12.8. The lowest BCUT2D eigenvalue weighted by molar-refractivity contribution is -0.274. The number of hydrogen-bond acceptors (Lipinski definition) is 6. The third-order valence-corrected chi connectivity index (χ3v) is 5.25. The summed E-state index contributed by atoms with van der Waals surface area (Å²) in [5.41, 5.74) is 3.50. The van der Waals surface area contributed by atoms with E-state index in [4.69, 9.17) is 12.2 Å². The van der Waals surface area contributed by atoms with Crippen molar-refractivity contribution in [3.8, 4) is 22.8 Å². The zero-order chi connectivity index (χ0) is 28.9. The molecule has 15 heteroatoms. The quantitative estimate of drug-likeness (QED) is 0.0928. The average Bonchev–Trinajstić information content (AvgIpc) is 3.38. The first-order chi connectivity index (χ1) is 18.9. The maximum atomic E-state index is 12.8. The summed E-state index contributed by atoms with van der Waals surface area (Å²) in [7, 11) is 0. The van der Waals surface area contributed by atoms with E-state index in [-0.39, 0.29) is 16.5 Å². The Balaban J connectivity index is 1.35. The first-order valence-corrected chi connectivity index (χ1v) is 11.5. The zero-order valence-corrected chi connectivity index (χ0v) is 20.7. The lowest BCUT2D eigenvalue weighted by atomic mass is 10.1. The van der Waals surface area contributed by atoms with Crippen molar-refractivity contribution in [3.05, 3.63) is 90.3 Å². The molecule has 4 rings (SSSR count). The maximum Gasteiger partial charge on any atom is 0.573 e. The second kappa shape index (κ2) is 11.5. The fraction of sp³-hybridized carbons (Fsp3) is 0.0800. The highest BCUT2D eigenvalue weighted by atomic mass is 32.1. The zero-order valence-electron chi connectivity index (χ0n) is 19.9. The Kier molecular flexibility index (Phi) is 8.13. The SMILES string of the molecule is O=C(c1ccccc1NC(=S)NN=Cc1ccc(-c2ncn(-c3ccc(OC(F)(F)F)cc3)n2)cc1)C(F)(F)F. The van der Waals surface area contributed by atoms with Crippen LogP contribution in [0.2, 0.25) is 0 Å². The molecule has 0 radical (unpaired) electrons. The molecule has 40 heavy (non-hydrogen) atoms. The number of hydrazone groups is 1. The Morgan fingerprint density at radius 1 is 0.950 bits per heavy atom. The number of benzene rings is 3. The molecule has 206 valence electrons. The van der Waals surface area contributed by atoms with Crippen molar-refractivity contribution in [2.24, 2.45) is 5.10 Å². The Bertz CT molecular complexity index is 1530. The van der Waals surface area contributed by atoms with Crippen LogP contribution in [0.25, 0.3) is 17.1 Å². The van der Waals surface area contributed by atoms with Crippen molar-refractivity contribution in [2.75, 3.05) is 5.32 Å². The van der Waals surface area contributed by atoms with Gasteiger partial charge < -0.3 is 10.1 Å². The number of ketones is 1. The van der Waals surface area contributed by atoms with Gasteiger partial charge in [0.05, 0.1) is 23.2 Å². The highest BCUT2D eigenvalue weighted by molar-refractivity contribution is 7.80. The van der Waals surface area contributed by atoms with Crippen LogP contribution in [0.4, 0.5) is 32.0 Å². The fourth-order valence-corrected chi connectivity index (χ4v) is 3.46. The van der Waals surface area contributed by atoms with Gasteiger partial charge in [-0.25, -0.2) is 9.67 Å². The van der Waals surface area contributed by atoms with E-state index in [1.807, 2.05) is 0 Å². The number of nitrogens with zero attached hydrogens (tertiary/aromatic N) is 4. The second-order valence-corrected chi connectivity index (χ2v) is 8.28. The van der Waals surface area contributed by atoms with E-state index in [1.54, 1.807) is 24.3 Å². The van der Waals surface area contributed by atoms with Crippen LogP contribution in [0.15, 0.2) is 84.2 Å². The molecule has 0 saturated carbocycles. The molecule has 0 amide bonds. The average molecular weight is 578 g/mol. The predicted octanol–water partition coefficient (Wildman–Crippen LogP) is 5.90. The van der Waals surface area contributed by atoms with Gasteiger partial charge in [0.1, 0.15) is 12.1 Å². The van der Waals surface area contributed by atoms with Crippen molar-refractivity contribution in [2.45, 2.75) is 12.5 Å². The number of hydrogen-bond donors (Lipinski definition) is 2. The molecule has 4 aromatic rings. The summed E-state index contributed by atoms with van der Waals surface area (Å²) in [4.78, 5) is 15.8. The predicted molar refractivity (Wildman–Crippen MR) is 137 cm³/mol. The van der Waals surface area contributed by atoms with Crippen molar-refractivity contribution in [3.63, 3.8) is 0 Å². The third-order valence-electron chi connectivity index (χ3n) is 5.05. The smallest absolute Gasteiger partial charge is 0.406 e. The molecule has 0 saturated heterocycles. The van der Waals surface area contributed by atoms with Crippen LogP contribution >= 0.6 is 12.2 Å². The largest absolute Gasteiger partial charge is 0.573 e. The normalized spacial score (nSPS) is 11.8. The minimum atomic E-state index is -5.04. The van der Waals surface area contributed by atoms with Crippen LogP contribution in [0, 0.1) is 0 Å². The summed E-state index contributed by atoms with van der Waals surface area (Å²) >= 11 is 5.04. The molecule has 0 unspecified atom stereocenters. The van der Waals surface area contributed by atoms with Gasteiger partial charge in [-0.05, 0) is 54.2 Å². The van der Waals surface area contributed by atoms with E-state index in [2.05, 4.69) is 30.7 Å². The number of Topliss-reactive ketones (excluding diaryl/α,β-unsaturated/α-hetero) is 1. The summed E-state index contributed by atoms with van der Waals surface area (Å²) in [5, 5.41) is 10.6. The number of rotatable bonds is 7. The van der Waals surface area contributed by atoms with E-state index in [0.29, 0.717) is 22.6 Å². The Morgan fingerprint density at radius 2 is 1.62 bits per heavy atom. The van der Waals surface area contributed by atoms with Gasteiger partial charge in [0.2, 0.25) is 0 Å². The van der Waals surface area contributed by atoms with Crippen LogP contribution in [0.1, 0.15) is 15.9 Å². The van der Waals surface area contributed by atoms with Gasteiger partial charge in [0, 0.05) is 5.56 Å². The summed E-state index contributed by atoms with van der Waals surface area (Å²) in [6.45, 7) is 0. The molecule has 2 N–H and O–H groups in total. The number of carbonyl (C=O) groups is 1. The molecule has 0 aliphatic carbocycles. The van der Waals surface area contributed by atoms with Gasteiger partial charge in [0.25, 0.3) is 5.78 Å². The van der Waals surface area contributed by atoms with Crippen molar-refractivity contribution in [1.82, 2.24) is 20.2 Å². The van der Waals surface area contributed by atoms with Crippen molar-refractivity contribution < 1.29 is 35.9 Å². The van der Waals surface area contributed by atoms with Crippen LogP contribution in [-0.4, -0.2) is 44.4 Å². The number of thiocarbonyl (C=S) groups is 1. The lowest BCUT2D eigenvalue weighted by Crippen LogP contribution is -2.28. The van der Waals surface area contributed by atoms with Gasteiger partial charge in [-0.3, -0.25) is 10.2 Å². The molecule has 0 aliphatic heterocycles. The van der Waals surface area contributed by atoms with Crippen molar-refractivity contribution >= 4 is 35.0 Å². The Morgan fingerprint density at radius 3 is 2.27 bits per heavy atom. The molecule has 0 fully saturated rings. The molecule has 0 spiro atoms. The van der Waals surface area contributed by atoms with Gasteiger partial charge in [-0.1, -0.05) is 36.4 Å². The van der Waals surface area contributed by atoms with Crippen LogP contribution in [-0.2, 0) is 0 Å². The molecule has 0 aliphatic rings. The van der Waals surface area contributed by atoms with E-state index in [0.717, 1.165) is 18.2 Å². The number of alkyl halides is 6. The summed E-state index contributed by atoms with van der Waals surface area (Å²) in [6, 6.07) is 17.0. The molecule has 3 aromatic carbocycles. The molecular weight excluding hydrogens is 562 g/mol. The van der Waals surface area contributed by atoms with E-state index >= 15 is 0 Å². The van der Waals surface area contributed by atoms with E-state index in [1.165, 1.54) is 47.6 Å². The van der Waals surface area contributed by atoms with Gasteiger partial charge in [-0.2, -0.15) is 18.3 Å². The molecule has 0 bridgehead atoms. The monoisotopic (exact) mass is 578 g/mol. The second-order valence-electron chi connectivity index (χ2n) is 7.87. The number of anilines is 1. The van der Waals surface area contributed by atoms with E-state index in [9.17, 15) is 31.1 Å². The lowest BCUT2D eigenvalue weighted by Gasteiger charge is -2.12. The molecular formula is C25H16F6N6O2S. The standard InChI is InChI=1S/C25H16F6N6O2S/c26-24(27,28)21(38)19-3-1-2-4-20(19)34-23(40)35-33-13-15-5-7-16(8-6-15)22-32-14-37(36-22)17-9-11-18(12-10-17)39-25(29,30)31/h1-14H,(H2,34,35,40). The number of nitrogens with one attached hydrogen (secondary N) is 2. The fourth-order valence-electron chi connectivity index (χ4n) is 3.30. The molecule has 1 aromatic heterocycles. The minimum Gasteiger partial charge on any atom is -0.406 e. The Hall–Kier alpha value is -4.79. The van der Waals surface area contributed by atoms with Crippen LogP contribution in [0.3, 0.4) is 0 Å². The number of carbonyl (C=O) groups excluding carboxylic acids is 1. The highest BCUT2D eigenvalue weighted by Crippen LogP contribution is 2.26. The van der Waals surface area contributed by atoms with Crippen LogP contribution < -0.4 is 15.5 Å². The summed E-state index contributed by atoms with van der Waals surface area (Å²) in [6.07, 6.45) is -7.01. The number of ether oxygens (including phenoxy) is 1. The summed E-state index contributed by atoms with van der Waals surface area (Å²) in [5.74, 6) is -2.01. The minimum absolute atomic E-state index is 0.126. The van der Waals surface area contributed by atoms with Gasteiger partial charge in [0.15, 0.2) is 10.9 Å². The number of para-hydroxylation sites is 1. The van der Waals surface area contributed by atoms with E-state index < -0.39 is 23.9 Å². The summed E-state index contributed by atoms with van der Waals surface area (Å²) < 4.78 is 80.7. The topological polar surface area (TPSA) is 93.4 Å². The molecule has 0 atom stereocenters. The molecule has 8 nitrogen and oxygen atoms in total. The van der Waals surface area contributed by atoms with Gasteiger partial charge >= 0.3 is 12.5 Å². The molecule has 1 heterocycles. The first-order valence-electron chi connectivity index (χ1n) is 11.1. The van der Waals surface area contributed by atoms with Crippen LogP contribution in [0.5, 0.6) is 5.75 Å². The third kappa shape index (κ3) is 7.41. The Labute approximate surface area is 227 Å². The number of halogens is 6. The first kappa shape index (κ1) is 28.2. The van der Waals surface area contributed by atoms with Gasteiger partial charge in [-0.15, -0.1) is 18.3 Å². The highest BCUT2D eigenvalue weighted by Gasteiger charge is 2.40.